The molecule has 3 fully saturated rings. The van der Waals surface area contributed by atoms with Gasteiger partial charge in [-0.15, -0.1) is 47.0 Å². The molecular weight excluding hydrogens is 360 g/mol. The molecule has 2 atom stereocenters. The maximum absolute atomic E-state index is 12.6. The number of aliphatic carboxylic acids is 1. The topological polar surface area (TPSA) is 63.6 Å². The molecule has 2 aliphatic heterocycles. The summed E-state index contributed by atoms with van der Waals surface area (Å²) in [6.07, 6.45) is 1.19. The molecule has 0 bridgehead atoms. The molecule has 2 spiro atoms. The average Bonchev–Trinajstić information content (AvgIpc) is 3.12. The van der Waals surface area contributed by atoms with Gasteiger partial charge in [-0.1, -0.05) is 0 Å². The van der Waals surface area contributed by atoms with Crippen molar-refractivity contribution in [2.75, 3.05) is 29.6 Å². The molecule has 2 heterocycles. The molecule has 4 nitrogen and oxygen atoms in total. The number of carbonyl (C=O) groups is 2. The van der Waals surface area contributed by atoms with Crippen LogP contribution >= 0.6 is 47.0 Å². The largest absolute Gasteiger partial charge is 0.481 e. The van der Waals surface area contributed by atoms with Crippen molar-refractivity contribution in [3.8, 4) is 0 Å². The van der Waals surface area contributed by atoms with Crippen molar-refractivity contribution in [1.82, 2.24) is 0 Å². The number of rotatable bonds is 3. The second-order valence-corrected chi connectivity index (χ2v) is 11.8. The van der Waals surface area contributed by atoms with Gasteiger partial charge < -0.3 is 9.84 Å². The molecule has 22 heavy (non-hydrogen) atoms. The van der Waals surface area contributed by atoms with Gasteiger partial charge in [0.1, 0.15) is 0 Å². The predicted octanol–water partition coefficient (Wildman–Crippen LogP) is 3.01. The van der Waals surface area contributed by atoms with E-state index in [-0.39, 0.29) is 26.0 Å². The molecule has 3 rings (SSSR count). The Labute approximate surface area is 147 Å². The number of hydrogen-bond acceptors (Lipinski definition) is 7. The third-order valence-corrected chi connectivity index (χ3v) is 11.8. The fraction of sp³-hybridized carbons (Fsp3) is 0.857. The summed E-state index contributed by atoms with van der Waals surface area (Å²) in [7, 11) is 0. The molecular formula is C14H20O4S4. The molecule has 2 saturated heterocycles. The predicted molar refractivity (Wildman–Crippen MR) is 95.8 cm³/mol. The second kappa shape index (κ2) is 6.69. The minimum Gasteiger partial charge on any atom is -0.481 e. The Morgan fingerprint density at radius 2 is 1.45 bits per heavy atom. The maximum Gasteiger partial charge on any atom is 0.311 e. The summed E-state index contributed by atoms with van der Waals surface area (Å²) in [6.45, 7) is 2.22. The van der Waals surface area contributed by atoms with Crippen LogP contribution in [0.3, 0.4) is 0 Å². The van der Waals surface area contributed by atoms with E-state index in [0.717, 1.165) is 23.0 Å². The van der Waals surface area contributed by atoms with Crippen LogP contribution in [0.2, 0.25) is 0 Å². The van der Waals surface area contributed by atoms with Crippen molar-refractivity contribution in [1.29, 1.82) is 0 Å². The van der Waals surface area contributed by atoms with Crippen molar-refractivity contribution < 1.29 is 19.4 Å². The molecule has 0 amide bonds. The molecule has 0 aromatic carbocycles. The number of esters is 1. The standard InChI is InChI=1S/C14H20O4S4/c1-2-18-12(17)10-8-13(19-3-4-20-13)9(11(15)16)7-14(10)21-5-6-22-14/h9-10H,2-8H2,1H3,(H,15,16). The Hall–Kier alpha value is 0.340. The van der Waals surface area contributed by atoms with E-state index in [4.69, 9.17) is 4.74 Å². The first-order valence-electron chi connectivity index (χ1n) is 7.48. The van der Waals surface area contributed by atoms with E-state index in [1.165, 1.54) is 0 Å². The van der Waals surface area contributed by atoms with E-state index in [2.05, 4.69) is 0 Å². The van der Waals surface area contributed by atoms with E-state index in [1.807, 2.05) is 6.92 Å². The third kappa shape index (κ3) is 2.89. The zero-order chi connectivity index (χ0) is 15.8. The third-order valence-electron chi connectivity index (χ3n) is 4.46. The number of thioether (sulfide) groups is 4. The summed E-state index contributed by atoms with van der Waals surface area (Å²) in [5.74, 6) is 2.49. The Balaban J connectivity index is 1.93. The number of ether oxygens (including phenoxy) is 1. The number of carboxylic acid groups (broad SMARTS) is 1. The van der Waals surface area contributed by atoms with Gasteiger partial charge in [0.25, 0.3) is 0 Å². The van der Waals surface area contributed by atoms with Crippen LogP contribution in [0.25, 0.3) is 0 Å². The van der Waals surface area contributed by atoms with Crippen LogP contribution < -0.4 is 0 Å². The van der Waals surface area contributed by atoms with E-state index >= 15 is 0 Å². The summed E-state index contributed by atoms with van der Waals surface area (Å²) >= 11 is 7.02. The van der Waals surface area contributed by atoms with Gasteiger partial charge in [-0.05, 0) is 19.8 Å². The van der Waals surface area contributed by atoms with Crippen LogP contribution in [0.15, 0.2) is 0 Å². The highest BCUT2D eigenvalue weighted by Gasteiger charge is 2.62. The summed E-state index contributed by atoms with van der Waals surface area (Å²) in [6, 6.07) is 0. The van der Waals surface area contributed by atoms with Gasteiger partial charge in [-0.2, -0.15) is 0 Å². The lowest BCUT2D eigenvalue weighted by Gasteiger charge is -2.48. The molecule has 0 aromatic heterocycles. The van der Waals surface area contributed by atoms with Crippen LogP contribution in [0, 0.1) is 11.8 Å². The molecule has 3 aliphatic rings. The fourth-order valence-corrected chi connectivity index (χ4v) is 10.6. The van der Waals surface area contributed by atoms with Crippen LogP contribution in [0.4, 0.5) is 0 Å². The van der Waals surface area contributed by atoms with Gasteiger partial charge in [0, 0.05) is 23.0 Å². The minimum atomic E-state index is -0.711. The zero-order valence-corrected chi connectivity index (χ0v) is 15.7. The lowest BCUT2D eigenvalue weighted by molar-refractivity contribution is -0.152. The van der Waals surface area contributed by atoms with Gasteiger partial charge in [0.2, 0.25) is 0 Å². The Morgan fingerprint density at radius 3 is 1.91 bits per heavy atom. The van der Waals surface area contributed by atoms with Crippen molar-refractivity contribution in [2.45, 2.75) is 27.9 Å². The minimum absolute atomic E-state index is 0.138. The van der Waals surface area contributed by atoms with Gasteiger partial charge in [0.05, 0.1) is 26.6 Å². The number of carbonyl (C=O) groups excluding carboxylic acids is 1. The second-order valence-electron chi connectivity index (χ2n) is 5.62. The van der Waals surface area contributed by atoms with Crippen LogP contribution in [-0.2, 0) is 14.3 Å². The van der Waals surface area contributed by atoms with Crippen LogP contribution in [0.1, 0.15) is 19.8 Å². The normalized spacial score (nSPS) is 32.4. The Bertz CT molecular complexity index is 458. The summed E-state index contributed by atoms with van der Waals surface area (Å²) in [5.41, 5.74) is 0. The fourth-order valence-electron chi connectivity index (χ4n) is 3.52. The number of carboxylic acids is 1. The monoisotopic (exact) mass is 380 g/mol. The average molecular weight is 381 g/mol. The first-order chi connectivity index (χ1) is 10.5. The van der Waals surface area contributed by atoms with Crippen LogP contribution in [-0.4, -0.2) is 54.8 Å². The molecule has 1 aliphatic carbocycles. The summed E-state index contributed by atoms with van der Waals surface area (Å²) < 4.78 is 4.68. The van der Waals surface area contributed by atoms with Crippen molar-refractivity contribution in [2.24, 2.45) is 11.8 Å². The van der Waals surface area contributed by atoms with Crippen LogP contribution in [0.5, 0.6) is 0 Å². The lowest BCUT2D eigenvalue weighted by Crippen LogP contribution is -2.53. The molecule has 2 unspecified atom stereocenters. The van der Waals surface area contributed by atoms with E-state index in [1.54, 1.807) is 47.0 Å². The van der Waals surface area contributed by atoms with E-state index in [9.17, 15) is 14.7 Å². The zero-order valence-electron chi connectivity index (χ0n) is 12.4. The smallest absolute Gasteiger partial charge is 0.311 e. The highest BCUT2D eigenvalue weighted by molar-refractivity contribution is 8.22. The van der Waals surface area contributed by atoms with E-state index < -0.39 is 5.97 Å². The maximum atomic E-state index is 12.6. The van der Waals surface area contributed by atoms with Crippen molar-refractivity contribution in [3.63, 3.8) is 0 Å². The molecule has 0 aromatic rings. The first-order valence-corrected chi connectivity index (χ1v) is 11.4. The Kier molecular flexibility index (Phi) is 5.22. The number of hydrogen-bond donors (Lipinski definition) is 1. The van der Waals surface area contributed by atoms with Gasteiger partial charge in [-0.25, -0.2) is 0 Å². The van der Waals surface area contributed by atoms with Crippen molar-refractivity contribution >= 4 is 59.0 Å². The highest BCUT2D eigenvalue weighted by atomic mass is 32.2. The van der Waals surface area contributed by atoms with Gasteiger partial charge in [0.15, 0.2) is 0 Å². The molecule has 1 saturated carbocycles. The lowest BCUT2D eigenvalue weighted by atomic mass is 9.80. The SMILES string of the molecule is CCOC(=O)C1CC2(SCCS2)C(C(=O)O)CC12SCCS2. The molecule has 1 N–H and O–H groups in total. The Morgan fingerprint density at radius 1 is 1.00 bits per heavy atom. The van der Waals surface area contributed by atoms with E-state index in [0.29, 0.717) is 19.4 Å². The molecule has 124 valence electrons. The molecule has 8 heteroatoms. The first kappa shape index (κ1) is 17.2. The quantitative estimate of drug-likeness (QED) is 0.750. The highest BCUT2D eigenvalue weighted by Crippen LogP contribution is 2.66. The summed E-state index contributed by atoms with van der Waals surface area (Å²) in [5, 5.41) is 9.77. The van der Waals surface area contributed by atoms with Gasteiger partial charge >= 0.3 is 11.9 Å². The summed E-state index contributed by atoms with van der Waals surface area (Å²) in [4.78, 5) is 24.5. The molecule has 0 radical (unpaired) electrons. The van der Waals surface area contributed by atoms with Gasteiger partial charge in [-0.3, -0.25) is 9.59 Å². The van der Waals surface area contributed by atoms with Crippen molar-refractivity contribution in [3.05, 3.63) is 0 Å².